The lowest BCUT2D eigenvalue weighted by molar-refractivity contribution is 0.172. The van der Waals surface area contributed by atoms with Crippen LogP contribution in [0.1, 0.15) is 24.2 Å². The van der Waals surface area contributed by atoms with Gasteiger partial charge >= 0.3 is 0 Å². The van der Waals surface area contributed by atoms with Crippen molar-refractivity contribution in [2.75, 3.05) is 0 Å². The molecule has 4 nitrogen and oxygen atoms in total. The highest BCUT2D eigenvalue weighted by Gasteiger charge is 2.21. The second kappa shape index (κ2) is 5.40. The van der Waals surface area contributed by atoms with Gasteiger partial charge in [-0.15, -0.1) is 0 Å². The number of ether oxygens (including phenoxy) is 1. The van der Waals surface area contributed by atoms with Crippen LogP contribution in [0.3, 0.4) is 0 Å². The van der Waals surface area contributed by atoms with Gasteiger partial charge in [-0.1, -0.05) is 12.1 Å². The molecule has 1 aromatic carbocycles. The van der Waals surface area contributed by atoms with Crippen LogP contribution in [0.15, 0.2) is 30.6 Å². The second-order valence-electron chi connectivity index (χ2n) is 4.73. The van der Waals surface area contributed by atoms with Crippen molar-refractivity contribution in [1.29, 1.82) is 0 Å². The zero-order chi connectivity index (χ0) is 14.0. The zero-order valence-electron chi connectivity index (χ0n) is 11.3. The quantitative estimate of drug-likeness (QED) is 0.921. The highest BCUT2D eigenvalue weighted by Crippen LogP contribution is 2.27. The molecular weight excluding hydrogens is 245 g/mol. The summed E-state index contributed by atoms with van der Waals surface area (Å²) in [7, 11) is 1.81. The van der Waals surface area contributed by atoms with Crippen LogP contribution < -0.4 is 10.5 Å². The monoisotopic (exact) mass is 263 g/mol. The Bertz CT molecular complexity index is 566. The molecular formula is C14H18FN3O. The van der Waals surface area contributed by atoms with Crippen LogP contribution in [0.25, 0.3) is 0 Å². The van der Waals surface area contributed by atoms with Gasteiger partial charge in [0.1, 0.15) is 6.10 Å². The molecule has 19 heavy (non-hydrogen) atoms. The first kappa shape index (κ1) is 13.5. The van der Waals surface area contributed by atoms with Gasteiger partial charge in [-0.3, -0.25) is 4.68 Å². The van der Waals surface area contributed by atoms with E-state index >= 15 is 0 Å². The van der Waals surface area contributed by atoms with E-state index in [1.807, 2.05) is 20.2 Å². The van der Waals surface area contributed by atoms with Gasteiger partial charge in [0, 0.05) is 24.8 Å². The molecule has 1 aromatic heterocycles. The van der Waals surface area contributed by atoms with Gasteiger partial charge in [-0.2, -0.15) is 5.10 Å². The summed E-state index contributed by atoms with van der Waals surface area (Å²) in [6, 6.07) is 4.79. The van der Waals surface area contributed by atoms with Crippen LogP contribution in [0.4, 0.5) is 4.39 Å². The predicted molar refractivity (Wildman–Crippen MR) is 71.4 cm³/mol. The molecule has 0 aliphatic carbocycles. The van der Waals surface area contributed by atoms with Crippen LogP contribution in [0.2, 0.25) is 0 Å². The lowest BCUT2D eigenvalue weighted by atomic mass is 10.1. The number of hydrogen-bond acceptors (Lipinski definition) is 3. The van der Waals surface area contributed by atoms with Crippen LogP contribution in [0, 0.1) is 12.7 Å². The molecule has 2 atom stereocenters. The predicted octanol–water partition coefficient (Wildman–Crippen LogP) is 2.33. The fourth-order valence-corrected chi connectivity index (χ4v) is 1.91. The Morgan fingerprint density at radius 1 is 1.42 bits per heavy atom. The van der Waals surface area contributed by atoms with Crippen molar-refractivity contribution in [2.45, 2.75) is 26.0 Å². The SMILES string of the molecule is Cc1cccc(OC(c2cnn(C)c2)C(C)N)c1F. The number of nitrogens with zero attached hydrogens (tertiary/aromatic N) is 2. The number of nitrogens with two attached hydrogens (primary N) is 1. The summed E-state index contributed by atoms with van der Waals surface area (Å²) < 4.78 is 21.4. The minimum absolute atomic E-state index is 0.214. The summed E-state index contributed by atoms with van der Waals surface area (Å²) in [5.41, 5.74) is 7.31. The Morgan fingerprint density at radius 3 is 2.74 bits per heavy atom. The molecule has 0 saturated carbocycles. The van der Waals surface area contributed by atoms with Gasteiger partial charge < -0.3 is 10.5 Å². The molecule has 0 saturated heterocycles. The van der Waals surface area contributed by atoms with Crippen LogP contribution in [-0.2, 0) is 7.05 Å². The molecule has 0 aliphatic heterocycles. The second-order valence-corrected chi connectivity index (χ2v) is 4.73. The summed E-state index contributed by atoms with van der Waals surface area (Å²) in [5.74, 6) is -0.136. The normalized spacial score (nSPS) is 14.2. The van der Waals surface area contributed by atoms with Gasteiger partial charge in [0.05, 0.1) is 6.20 Å². The summed E-state index contributed by atoms with van der Waals surface area (Å²) in [6.07, 6.45) is 3.08. The third-order valence-corrected chi connectivity index (χ3v) is 2.94. The van der Waals surface area contributed by atoms with Crippen molar-refractivity contribution >= 4 is 0 Å². The summed E-state index contributed by atoms with van der Waals surface area (Å²) in [6.45, 7) is 3.53. The maximum Gasteiger partial charge on any atom is 0.167 e. The maximum absolute atomic E-state index is 14.0. The molecule has 0 spiro atoms. The molecule has 2 unspecified atom stereocenters. The number of aryl methyl sites for hydroxylation is 2. The molecule has 2 rings (SSSR count). The van der Waals surface area contributed by atoms with E-state index < -0.39 is 6.10 Å². The van der Waals surface area contributed by atoms with Crippen LogP contribution >= 0.6 is 0 Å². The van der Waals surface area contributed by atoms with E-state index in [0.717, 1.165) is 5.56 Å². The molecule has 5 heteroatoms. The van der Waals surface area contributed by atoms with E-state index in [4.69, 9.17) is 10.5 Å². The Hall–Kier alpha value is -1.88. The summed E-state index contributed by atoms with van der Waals surface area (Å²) >= 11 is 0. The van der Waals surface area contributed by atoms with Crippen molar-refractivity contribution in [3.63, 3.8) is 0 Å². The molecule has 0 amide bonds. The van der Waals surface area contributed by atoms with Crippen LogP contribution in [-0.4, -0.2) is 15.8 Å². The Balaban J connectivity index is 2.29. The van der Waals surface area contributed by atoms with E-state index in [9.17, 15) is 4.39 Å². The third-order valence-electron chi connectivity index (χ3n) is 2.94. The minimum Gasteiger partial charge on any atom is -0.481 e. The van der Waals surface area contributed by atoms with E-state index in [0.29, 0.717) is 5.56 Å². The van der Waals surface area contributed by atoms with Gasteiger partial charge in [0.15, 0.2) is 11.6 Å². The van der Waals surface area contributed by atoms with E-state index in [2.05, 4.69) is 5.10 Å². The van der Waals surface area contributed by atoms with Crippen LogP contribution in [0.5, 0.6) is 5.75 Å². The van der Waals surface area contributed by atoms with E-state index in [-0.39, 0.29) is 17.6 Å². The van der Waals surface area contributed by atoms with Gasteiger partial charge in [-0.25, -0.2) is 4.39 Å². The summed E-state index contributed by atoms with van der Waals surface area (Å²) in [5, 5.41) is 4.09. The van der Waals surface area contributed by atoms with Gasteiger partial charge in [0.2, 0.25) is 0 Å². The molecule has 0 fully saturated rings. The smallest absolute Gasteiger partial charge is 0.167 e. The van der Waals surface area contributed by atoms with Crippen molar-refractivity contribution < 1.29 is 9.13 Å². The molecule has 0 radical (unpaired) electrons. The van der Waals surface area contributed by atoms with Gasteiger partial charge in [0.25, 0.3) is 0 Å². The molecule has 0 bridgehead atoms. The number of halogens is 1. The lowest BCUT2D eigenvalue weighted by Gasteiger charge is -2.22. The Kier molecular flexibility index (Phi) is 3.85. The summed E-state index contributed by atoms with van der Waals surface area (Å²) in [4.78, 5) is 0. The zero-order valence-corrected chi connectivity index (χ0v) is 11.3. The van der Waals surface area contributed by atoms with Crippen molar-refractivity contribution in [3.05, 3.63) is 47.5 Å². The first-order chi connectivity index (χ1) is 8.99. The average molecular weight is 263 g/mol. The molecule has 1 heterocycles. The average Bonchev–Trinajstić information content (AvgIpc) is 2.77. The molecule has 2 aromatic rings. The number of rotatable bonds is 4. The molecule has 102 valence electrons. The fourth-order valence-electron chi connectivity index (χ4n) is 1.91. The fraction of sp³-hybridized carbons (Fsp3) is 0.357. The third kappa shape index (κ3) is 2.93. The number of hydrogen-bond donors (Lipinski definition) is 1. The van der Waals surface area contributed by atoms with Crippen molar-refractivity contribution in [3.8, 4) is 5.75 Å². The molecule has 2 N–H and O–H groups in total. The van der Waals surface area contributed by atoms with Gasteiger partial charge in [-0.05, 0) is 25.5 Å². The number of benzene rings is 1. The van der Waals surface area contributed by atoms with Crippen molar-refractivity contribution in [1.82, 2.24) is 9.78 Å². The topological polar surface area (TPSA) is 53.1 Å². The lowest BCUT2D eigenvalue weighted by Crippen LogP contribution is -2.29. The standard InChI is InChI=1S/C14H18FN3O/c1-9-5-4-6-12(13(9)15)19-14(10(2)16)11-7-17-18(3)8-11/h4-8,10,14H,16H2,1-3H3. The largest absolute Gasteiger partial charge is 0.481 e. The maximum atomic E-state index is 14.0. The number of aromatic nitrogens is 2. The first-order valence-corrected chi connectivity index (χ1v) is 6.15. The Morgan fingerprint density at radius 2 is 2.16 bits per heavy atom. The van der Waals surface area contributed by atoms with E-state index in [1.54, 1.807) is 36.0 Å². The molecule has 0 aliphatic rings. The van der Waals surface area contributed by atoms with Crippen molar-refractivity contribution in [2.24, 2.45) is 12.8 Å². The minimum atomic E-state index is -0.426. The highest BCUT2D eigenvalue weighted by atomic mass is 19.1. The highest BCUT2D eigenvalue weighted by molar-refractivity contribution is 5.31. The Labute approximate surface area is 112 Å². The van der Waals surface area contributed by atoms with E-state index in [1.165, 1.54) is 0 Å². The first-order valence-electron chi connectivity index (χ1n) is 6.15.